The summed E-state index contributed by atoms with van der Waals surface area (Å²) in [6.07, 6.45) is 7.98. The summed E-state index contributed by atoms with van der Waals surface area (Å²) in [5.74, 6) is -0.553. The average molecular weight is 334 g/mol. The number of carbonyl (C=O) groups is 1. The number of fused-ring (bicyclic) bond motifs is 1. The Morgan fingerprint density at radius 2 is 2.28 bits per heavy atom. The Labute approximate surface area is 142 Å². The highest BCUT2D eigenvalue weighted by Gasteiger charge is 2.09. The molecule has 0 atom stereocenters. The zero-order chi connectivity index (χ0) is 17.8. The van der Waals surface area contributed by atoms with Crippen LogP contribution in [-0.2, 0) is 11.3 Å². The van der Waals surface area contributed by atoms with Gasteiger partial charge in [0.2, 0.25) is 5.91 Å². The maximum Gasteiger partial charge on any atom is 0.250 e. The van der Waals surface area contributed by atoms with Gasteiger partial charge < -0.3 is 15.3 Å². The van der Waals surface area contributed by atoms with Crippen molar-refractivity contribution in [2.75, 3.05) is 0 Å². The monoisotopic (exact) mass is 334 g/mol. The van der Waals surface area contributed by atoms with Crippen LogP contribution < -0.4 is 11.3 Å². The molecular weight excluding hydrogens is 320 g/mol. The number of nitriles is 1. The van der Waals surface area contributed by atoms with Gasteiger partial charge in [0.15, 0.2) is 5.65 Å². The third-order valence-corrected chi connectivity index (χ3v) is 3.58. The highest BCUT2D eigenvalue weighted by Crippen LogP contribution is 2.21. The van der Waals surface area contributed by atoms with E-state index in [1.54, 1.807) is 30.7 Å². The average Bonchev–Trinajstić information content (AvgIpc) is 3.01. The fourth-order valence-electron chi connectivity index (χ4n) is 2.38. The van der Waals surface area contributed by atoms with Gasteiger partial charge in [-0.3, -0.25) is 9.59 Å². The Kier molecular flexibility index (Phi) is 4.39. The van der Waals surface area contributed by atoms with Crippen LogP contribution in [0.1, 0.15) is 12.0 Å². The van der Waals surface area contributed by atoms with E-state index in [1.807, 2.05) is 6.07 Å². The third-order valence-electron chi connectivity index (χ3n) is 3.58. The molecule has 0 bridgehead atoms. The van der Waals surface area contributed by atoms with E-state index >= 15 is 0 Å². The fourth-order valence-corrected chi connectivity index (χ4v) is 2.38. The molecule has 0 aliphatic carbocycles. The summed E-state index contributed by atoms with van der Waals surface area (Å²) < 4.78 is 1.47. The van der Waals surface area contributed by atoms with Crippen molar-refractivity contribution >= 4 is 23.1 Å². The quantitative estimate of drug-likeness (QED) is 0.677. The first-order chi connectivity index (χ1) is 12.1. The number of pyridine rings is 1. The summed E-state index contributed by atoms with van der Waals surface area (Å²) in [6.45, 7) is 0.315. The molecule has 124 valence electrons. The molecule has 0 aliphatic heterocycles. The highest BCUT2D eigenvalue weighted by atomic mass is 16.1. The van der Waals surface area contributed by atoms with Gasteiger partial charge >= 0.3 is 0 Å². The van der Waals surface area contributed by atoms with Gasteiger partial charge in [-0.15, -0.1) is 0 Å². The number of rotatable bonds is 5. The summed E-state index contributed by atoms with van der Waals surface area (Å²) in [7, 11) is 0. The Bertz CT molecular complexity index is 1070. The molecule has 0 radical (unpaired) electrons. The lowest BCUT2D eigenvalue weighted by Crippen LogP contribution is -2.18. The third kappa shape index (κ3) is 3.45. The maximum atomic E-state index is 11.8. The van der Waals surface area contributed by atoms with Crippen molar-refractivity contribution in [2.45, 2.75) is 13.0 Å². The molecule has 3 aromatic heterocycles. The number of hydrogen-bond acceptors (Lipinski definition) is 5. The van der Waals surface area contributed by atoms with E-state index in [4.69, 9.17) is 11.0 Å². The Morgan fingerprint density at radius 1 is 1.44 bits per heavy atom. The van der Waals surface area contributed by atoms with Crippen LogP contribution in [-0.4, -0.2) is 25.4 Å². The van der Waals surface area contributed by atoms with Crippen LogP contribution in [0.25, 0.3) is 28.5 Å². The van der Waals surface area contributed by atoms with Crippen LogP contribution in [0.15, 0.2) is 41.6 Å². The molecule has 3 heterocycles. The van der Waals surface area contributed by atoms with Crippen molar-refractivity contribution in [2.24, 2.45) is 5.73 Å². The molecule has 0 saturated heterocycles. The zero-order valence-electron chi connectivity index (χ0n) is 13.1. The van der Waals surface area contributed by atoms with E-state index in [0.717, 1.165) is 0 Å². The topological polar surface area (TPSA) is 130 Å². The van der Waals surface area contributed by atoms with E-state index in [1.165, 1.54) is 16.7 Å². The molecule has 25 heavy (non-hydrogen) atoms. The number of aromatic amines is 1. The lowest BCUT2D eigenvalue weighted by molar-refractivity contribution is -0.113. The Hall–Kier alpha value is -3.73. The number of nitrogens with one attached hydrogen (secondary N) is 1. The van der Waals surface area contributed by atoms with Crippen molar-refractivity contribution in [3.63, 3.8) is 0 Å². The molecule has 3 N–H and O–H groups in total. The van der Waals surface area contributed by atoms with Gasteiger partial charge in [-0.05, 0) is 12.1 Å². The summed E-state index contributed by atoms with van der Waals surface area (Å²) in [5.41, 5.74) is 8.06. The largest absolute Gasteiger partial charge is 0.366 e. The van der Waals surface area contributed by atoms with Crippen LogP contribution in [0.3, 0.4) is 0 Å². The number of hydrogen-bond donors (Lipinski definition) is 2. The number of aromatic nitrogens is 4. The van der Waals surface area contributed by atoms with Crippen LogP contribution in [0, 0.1) is 11.3 Å². The molecule has 0 saturated carbocycles. The van der Waals surface area contributed by atoms with Crippen LogP contribution in [0.5, 0.6) is 0 Å². The number of aryl methyl sites for hydroxylation is 1. The van der Waals surface area contributed by atoms with Crippen molar-refractivity contribution < 1.29 is 4.79 Å². The summed E-state index contributed by atoms with van der Waals surface area (Å²) in [4.78, 5) is 34.6. The van der Waals surface area contributed by atoms with Gasteiger partial charge in [-0.1, -0.05) is 0 Å². The highest BCUT2D eigenvalue weighted by molar-refractivity contribution is 5.93. The van der Waals surface area contributed by atoms with Crippen LogP contribution in [0.2, 0.25) is 0 Å². The molecule has 0 aromatic carbocycles. The smallest absolute Gasteiger partial charge is 0.250 e. The van der Waals surface area contributed by atoms with Crippen molar-refractivity contribution in [3.8, 4) is 17.3 Å². The normalized spacial score (nSPS) is 11.0. The lowest BCUT2D eigenvalue weighted by Gasteiger charge is -2.06. The van der Waals surface area contributed by atoms with Crippen molar-refractivity contribution in [3.05, 3.63) is 52.7 Å². The fraction of sp³-hybridized carbons (Fsp3) is 0.118. The molecule has 8 heteroatoms. The summed E-state index contributed by atoms with van der Waals surface area (Å²) in [6, 6.07) is 5.11. The van der Waals surface area contributed by atoms with Gasteiger partial charge in [-0.25, -0.2) is 9.97 Å². The Morgan fingerprint density at radius 3 is 3.04 bits per heavy atom. The summed E-state index contributed by atoms with van der Waals surface area (Å²) >= 11 is 0. The van der Waals surface area contributed by atoms with E-state index in [-0.39, 0.29) is 12.0 Å². The number of nitrogens with zero attached hydrogens (tertiary/aromatic N) is 4. The van der Waals surface area contributed by atoms with Gasteiger partial charge in [-0.2, -0.15) is 5.26 Å². The second-order valence-electron chi connectivity index (χ2n) is 5.29. The van der Waals surface area contributed by atoms with Gasteiger partial charge in [0.25, 0.3) is 5.56 Å². The van der Waals surface area contributed by atoms with E-state index in [9.17, 15) is 9.59 Å². The molecule has 3 aromatic rings. The first-order valence-corrected chi connectivity index (χ1v) is 7.48. The molecule has 3 rings (SSSR count). The second-order valence-corrected chi connectivity index (χ2v) is 5.29. The van der Waals surface area contributed by atoms with Crippen molar-refractivity contribution in [1.82, 2.24) is 19.5 Å². The predicted molar refractivity (Wildman–Crippen MR) is 92.0 cm³/mol. The van der Waals surface area contributed by atoms with Crippen LogP contribution in [0.4, 0.5) is 0 Å². The number of amides is 1. The molecule has 0 unspecified atom stereocenters. The van der Waals surface area contributed by atoms with E-state index < -0.39 is 5.91 Å². The molecule has 8 nitrogen and oxygen atoms in total. The van der Waals surface area contributed by atoms with Crippen LogP contribution >= 0.6 is 0 Å². The number of H-pyrrole nitrogens is 1. The van der Waals surface area contributed by atoms with Gasteiger partial charge in [0, 0.05) is 42.2 Å². The standard InChI is InChI=1S/C17H14N6O2/c18-6-1-7-23-10-12(3-5-15(23)25)13-9-21-17-16(22-13)11(8-20-17)2-4-14(19)24/h2-5,8-10H,1,7H2,(H2,19,24)(H,20,21). The van der Waals surface area contributed by atoms with Gasteiger partial charge in [0.05, 0.1) is 24.4 Å². The minimum atomic E-state index is -0.553. The molecule has 1 amide bonds. The number of nitrogens with two attached hydrogens (primary N) is 1. The summed E-state index contributed by atoms with van der Waals surface area (Å²) in [5, 5.41) is 8.69. The Balaban J connectivity index is 2.04. The lowest BCUT2D eigenvalue weighted by atomic mass is 10.2. The predicted octanol–water partition coefficient (Wildman–Crippen LogP) is 1.20. The zero-order valence-corrected chi connectivity index (χ0v) is 13.1. The van der Waals surface area contributed by atoms with Gasteiger partial charge in [0.1, 0.15) is 5.52 Å². The minimum absolute atomic E-state index is 0.181. The second kappa shape index (κ2) is 6.80. The number of carbonyl (C=O) groups excluding carboxylic acids is 1. The molecule has 0 spiro atoms. The minimum Gasteiger partial charge on any atom is -0.366 e. The first-order valence-electron chi connectivity index (χ1n) is 7.48. The van der Waals surface area contributed by atoms with E-state index in [2.05, 4.69) is 15.0 Å². The first kappa shape index (κ1) is 16.1. The SMILES string of the molecule is N#CCCn1cc(-c2cnc3[nH]cc(C=CC(N)=O)c3n2)ccc1=O. The molecular formula is C17H14N6O2. The van der Waals surface area contributed by atoms with E-state index in [0.29, 0.717) is 34.5 Å². The molecule has 0 fully saturated rings. The van der Waals surface area contributed by atoms with Crippen molar-refractivity contribution in [1.29, 1.82) is 5.26 Å². The number of primary amides is 1. The molecule has 0 aliphatic rings. The maximum absolute atomic E-state index is 11.8.